The molecule has 0 saturated carbocycles. The maximum atomic E-state index is 5.76. The Morgan fingerprint density at radius 3 is 2.89 bits per heavy atom. The van der Waals surface area contributed by atoms with Crippen molar-refractivity contribution in [3.8, 4) is 0 Å². The Balaban J connectivity index is 1.83. The Labute approximate surface area is 117 Å². The lowest BCUT2D eigenvalue weighted by molar-refractivity contribution is -0.0341. The van der Waals surface area contributed by atoms with Crippen LogP contribution in [0.5, 0.6) is 0 Å². The Hall–Kier alpha value is -0.160. The van der Waals surface area contributed by atoms with Crippen molar-refractivity contribution in [3.63, 3.8) is 0 Å². The molecule has 2 saturated heterocycles. The van der Waals surface area contributed by atoms with Gasteiger partial charge in [0.2, 0.25) is 0 Å². The van der Waals surface area contributed by atoms with Crippen LogP contribution in [0.2, 0.25) is 0 Å². The SMILES string of the molecule is CCCNC(CN1CCOC(CC)C1)C1CCOC1. The third-order valence-corrected chi connectivity index (χ3v) is 4.32. The van der Waals surface area contributed by atoms with Crippen molar-refractivity contribution in [2.75, 3.05) is 46.0 Å². The van der Waals surface area contributed by atoms with Crippen LogP contribution in [0.4, 0.5) is 0 Å². The second kappa shape index (κ2) is 8.20. The van der Waals surface area contributed by atoms with Gasteiger partial charge in [-0.15, -0.1) is 0 Å². The Morgan fingerprint density at radius 2 is 2.21 bits per heavy atom. The summed E-state index contributed by atoms with van der Waals surface area (Å²) >= 11 is 0. The monoisotopic (exact) mass is 270 g/mol. The zero-order valence-electron chi connectivity index (χ0n) is 12.6. The molecule has 2 rings (SSSR count). The highest BCUT2D eigenvalue weighted by Gasteiger charge is 2.28. The van der Waals surface area contributed by atoms with Gasteiger partial charge in [-0.3, -0.25) is 4.90 Å². The average molecular weight is 270 g/mol. The summed E-state index contributed by atoms with van der Waals surface area (Å²) in [4.78, 5) is 2.57. The summed E-state index contributed by atoms with van der Waals surface area (Å²) in [6, 6.07) is 0.582. The fourth-order valence-electron chi connectivity index (χ4n) is 3.05. The third-order valence-electron chi connectivity index (χ3n) is 4.32. The zero-order chi connectivity index (χ0) is 13.5. The quantitative estimate of drug-likeness (QED) is 0.760. The van der Waals surface area contributed by atoms with Gasteiger partial charge >= 0.3 is 0 Å². The molecule has 1 N–H and O–H groups in total. The minimum absolute atomic E-state index is 0.431. The fourth-order valence-corrected chi connectivity index (χ4v) is 3.05. The van der Waals surface area contributed by atoms with Crippen LogP contribution in [-0.2, 0) is 9.47 Å². The Kier molecular flexibility index (Phi) is 6.57. The molecular formula is C15H30N2O2. The number of hydrogen-bond donors (Lipinski definition) is 1. The highest BCUT2D eigenvalue weighted by molar-refractivity contribution is 4.84. The van der Waals surface area contributed by atoms with Crippen LogP contribution in [0.15, 0.2) is 0 Å². The van der Waals surface area contributed by atoms with Gasteiger partial charge in [0.15, 0.2) is 0 Å². The predicted octanol–water partition coefficient (Wildman–Crippen LogP) is 1.50. The molecule has 3 atom stereocenters. The minimum Gasteiger partial charge on any atom is -0.381 e. The summed E-state index contributed by atoms with van der Waals surface area (Å²) in [6.07, 6.45) is 3.96. The van der Waals surface area contributed by atoms with Gasteiger partial charge in [0.1, 0.15) is 0 Å². The highest BCUT2D eigenvalue weighted by Crippen LogP contribution is 2.19. The van der Waals surface area contributed by atoms with E-state index in [1.807, 2.05) is 0 Å². The lowest BCUT2D eigenvalue weighted by Crippen LogP contribution is -2.51. The molecule has 112 valence electrons. The topological polar surface area (TPSA) is 33.7 Å². The molecule has 0 radical (unpaired) electrons. The van der Waals surface area contributed by atoms with Gasteiger partial charge in [0, 0.05) is 38.2 Å². The molecule has 2 heterocycles. The molecule has 4 heteroatoms. The van der Waals surface area contributed by atoms with Crippen LogP contribution < -0.4 is 5.32 Å². The Bertz CT molecular complexity index is 244. The molecule has 3 unspecified atom stereocenters. The normalized spacial score (nSPS) is 30.6. The second-order valence-electron chi connectivity index (χ2n) is 5.84. The molecule has 2 fully saturated rings. The lowest BCUT2D eigenvalue weighted by atomic mass is 9.98. The maximum Gasteiger partial charge on any atom is 0.0700 e. The van der Waals surface area contributed by atoms with E-state index in [4.69, 9.17) is 9.47 Å². The van der Waals surface area contributed by atoms with Crippen molar-refractivity contribution in [1.29, 1.82) is 0 Å². The van der Waals surface area contributed by atoms with Crippen molar-refractivity contribution < 1.29 is 9.47 Å². The van der Waals surface area contributed by atoms with Gasteiger partial charge in [0.25, 0.3) is 0 Å². The molecule has 0 aromatic rings. The summed E-state index contributed by atoms with van der Waals surface area (Å²) in [6.45, 7) is 11.6. The summed E-state index contributed by atoms with van der Waals surface area (Å²) in [5.74, 6) is 0.689. The van der Waals surface area contributed by atoms with Gasteiger partial charge in [-0.05, 0) is 25.8 Å². The average Bonchev–Trinajstić information content (AvgIpc) is 2.97. The van der Waals surface area contributed by atoms with Crippen LogP contribution in [-0.4, -0.2) is 63.0 Å². The third kappa shape index (κ3) is 4.71. The van der Waals surface area contributed by atoms with E-state index in [1.165, 1.54) is 12.8 Å². The van der Waals surface area contributed by atoms with Crippen molar-refractivity contribution in [2.24, 2.45) is 5.92 Å². The van der Waals surface area contributed by atoms with Gasteiger partial charge < -0.3 is 14.8 Å². The largest absolute Gasteiger partial charge is 0.381 e. The lowest BCUT2D eigenvalue weighted by Gasteiger charge is -2.36. The molecule has 0 spiro atoms. The van der Waals surface area contributed by atoms with Gasteiger partial charge in [-0.25, -0.2) is 0 Å². The maximum absolute atomic E-state index is 5.76. The summed E-state index contributed by atoms with van der Waals surface area (Å²) in [5.41, 5.74) is 0. The van der Waals surface area contributed by atoms with E-state index in [0.717, 1.165) is 52.4 Å². The van der Waals surface area contributed by atoms with Crippen LogP contribution >= 0.6 is 0 Å². The van der Waals surface area contributed by atoms with Gasteiger partial charge in [-0.2, -0.15) is 0 Å². The van der Waals surface area contributed by atoms with E-state index in [1.54, 1.807) is 0 Å². The molecule has 2 aliphatic heterocycles. The molecule has 0 aliphatic carbocycles. The highest BCUT2D eigenvalue weighted by atomic mass is 16.5. The molecule has 4 nitrogen and oxygen atoms in total. The molecule has 0 amide bonds. The van der Waals surface area contributed by atoms with Crippen LogP contribution in [0.3, 0.4) is 0 Å². The van der Waals surface area contributed by atoms with Crippen molar-refractivity contribution in [1.82, 2.24) is 10.2 Å². The Morgan fingerprint density at radius 1 is 1.32 bits per heavy atom. The van der Waals surface area contributed by atoms with Crippen molar-refractivity contribution in [3.05, 3.63) is 0 Å². The first kappa shape index (κ1) is 15.2. The minimum atomic E-state index is 0.431. The number of ether oxygens (including phenoxy) is 2. The first-order chi connectivity index (χ1) is 9.33. The van der Waals surface area contributed by atoms with E-state index >= 15 is 0 Å². The first-order valence-electron chi connectivity index (χ1n) is 7.98. The summed E-state index contributed by atoms with van der Waals surface area (Å²) < 4.78 is 11.3. The number of hydrogen-bond acceptors (Lipinski definition) is 4. The van der Waals surface area contributed by atoms with Crippen molar-refractivity contribution >= 4 is 0 Å². The number of rotatable bonds is 7. The van der Waals surface area contributed by atoms with E-state index in [2.05, 4.69) is 24.1 Å². The summed E-state index contributed by atoms with van der Waals surface area (Å²) in [5, 5.41) is 3.73. The zero-order valence-corrected chi connectivity index (χ0v) is 12.6. The fraction of sp³-hybridized carbons (Fsp3) is 1.00. The number of nitrogens with one attached hydrogen (secondary N) is 1. The molecule has 0 aromatic heterocycles. The standard InChI is InChI=1S/C15H30N2O2/c1-3-6-16-15(13-5-8-18-12-13)11-17-7-9-19-14(4-2)10-17/h13-16H,3-12H2,1-2H3. The van der Waals surface area contributed by atoms with Crippen LogP contribution in [0, 0.1) is 5.92 Å². The molecule has 0 bridgehead atoms. The number of morpholine rings is 1. The van der Waals surface area contributed by atoms with E-state index < -0.39 is 0 Å². The first-order valence-corrected chi connectivity index (χ1v) is 7.98. The second-order valence-corrected chi connectivity index (χ2v) is 5.84. The summed E-state index contributed by atoms with van der Waals surface area (Å²) in [7, 11) is 0. The van der Waals surface area contributed by atoms with E-state index in [0.29, 0.717) is 18.1 Å². The molecule has 0 aromatic carbocycles. The molecule has 19 heavy (non-hydrogen) atoms. The van der Waals surface area contributed by atoms with Crippen molar-refractivity contribution in [2.45, 2.75) is 45.3 Å². The predicted molar refractivity (Wildman–Crippen MR) is 77.5 cm³/mol. The molecular weight excluding hydrogens is 240 g/mol. The van der Waals surface area contributed by atoms with E-state index in [-0.39, 0.29) is 0 Å². The molecule has 2 aliphatic rings. The van der Waals surface area contributed by atoms with Crippen LogP contribution in [0.1, 0.15) is 33.1 Å². The number of nitrogens with zero attached hydrogens (tertiary/aromatic N) is 1. The van der Waals surface area contributed by atoms with E-state index in [9.17, 15) is 0 Å². The van der Waals surface area contributed by atoms with Crippen LogP contribution in [0.25, 0.3) is 0 Å². The smallest absolute Gasteiger partial charge is 0.0700 e. The van der Waals surface area contributed by atoms with Gasteiger partial charge in [-0.1, -0.05) is 13.8 Å². The van der Waals surface area contributed by atoms with Gasteiger partial charge in [0.05, 0.1) is 19.3 Å².